The molecule has 0 aliphatic carbocycles. The predicted molar refractivity (Wildman–Crippen MR) is 299 cm³/mol. The van der Waals surface area contributed by atoms with Crippen LogP contribution in [0.2, 0.25) is 5.02 Å². The van der Waals surface area contributed by atoms with E-state index in [4.69, 9.17) is 20.8 Å². The average Bonchev–Trinajstić information content (AvgIpc) is 3.39. The van der Waals surface area contributed by atoms with E-state index in [9.17, 15) is 19.2 Å². The number of amides is 3. The van der Waals surface area contributed by atoms with Crippen molar-refractivity contribution in [3.05, 3.63) is 149 Å². The van der Waals surface area contributed by atoms with Gasteiger partial charge in [-0.15, -0.1) is 0 Å². The molecular weight excluding hydrogens is 937 g/mol. The number of nitrogens with one attached hydrogen (secondary N) is 1. The molecule has 1 N–H and O–H groups in total. The summed E-state index contributed by atoms with van der Waals surface area (Å²) in [4.78, 5) is 56.7. The maximum atomic E-state index is 13.8. The molecule has 380 valence electrons. The molecule has 0 unspecified atom stereocenters. The lowest BCUT2D eigenvalue weighted by Gasteiger charge is -2.40. The number of unbranched alkanes of at least 4 members (excludes halogenated alkanes) is 12. The van der Waals surface area contributed by atoms with Crippen LogP contribution in [0, 0.1) is 0 Å². The lowest BCUT2D eigenvalue weighted by Crippen LogP contribution is -2.57. The standard InChI is InChI=1S/C61H73ClN3O6P/c1-4-5-6-7-8-9-10-11-12-13-24-33-58(66)63-48-35-37-53(56(62)42-48)55-44-60(68)71-57-43-49(36-38-54(55)57)70-47(3)61(69)65-40-39-64(45-46(65)2)59(67)34-25-17-26-41-72(50-27-18-14-19-28-50,51-29-20-15-21-30-51)52-31-22-16-23-32-52/h14-16,18-23,27-32,35-38,42-44,46-47H,4-13,17,24-26,33-34,39-41,45H2,1-3H3/p+1/t46-,47-/m1/s1. The first-order chi connectivity index (χ1) is 35.1. The molecule has 1 aromatic heterocycles. The Bertz CT molecular complexity index is 2640. The Morgan fingerprint density at radius 3 is 1.83 bits per heavy atom. The van der Waals surface area contributed by atoms with Gasteiger partial charge in [-0.25, -0.2) is 4.79 Å². The van der Waals surface area contributed by atoms with Crippen LogP contribution in [0.5, 0.6) is 5.75 Å². The Morgan fingerprint density at radius 1 is 0.681 bits per heavy atom. The van der Waals surface area contributed by atoms with Gasteiger partial charge >= 0.3 is 5.63 Å². The molecule has 5 aromatic carbocycles. The van der Waals surface area contributed by atoms with E-state index in [0.717, 1.165) is 44.7 Å². The van der Waals surface area contributed by atoms with Crippen molar-refractivity contribution in [2.45, 2.75) is 136 Å². The summed E-state index contributed by atoms with van der Waals surface area (Å²) in [6.45, 7) is 7.27. The second-order valence-electron chi connectivity index (χ2n) is 19.5. The highest BCUT2D eigenvalue weighted by Gasteiger charge is 2.44. The number of piperazine rings is 1. The van der Waals surface area contributed by atoms with Gasteiger partial charge in [-0.2, -0.15) is 0 Å². The van der Waals surface area contributed by atoms with E-state index in [-0.39, 0.29) is 23.8 Å². The molecule has 0 radical (unpaired) electrons. The van der Waals surface area contributed by atoms with Crippen molar-refractivity contribution in [1.82, 2.24) is 9.80 Å². The Hall–Kier alpha value is -5.76. The zero-order chi connectivity index (χ0) is 50.7. The molecular formula is C61H74ClN3O6P+. The van der Waals surface area contributed by atoms with Crippen molar-refractivity contribution < 1.29 is 23.5 Å². The molecule has 1 fully saturated rings. The molecule has 72 heavy (non-hydrogen) atoms. The van der Waals surface area contributed by atoms with Crippen LogP contribution in [0.3, 0.4) is 0 Å². The molecule has 0 saturated carbocycles. The Labute approximate surface area is 433 Å². The highest BCUT2D eigenvalue weighted by atomic mass is 35.5. The summed E-state index contributed by atoms with van der Waals surface area (Å²) in [6, 6.07) is 44.4. The zero-order valence-electron chi connectivity index (χ0n) is 42.7. The molecule has 2 heterocycles. The minimum Gasteiger partial charge on any atom is -0.481 e. The highest BCUT2D eigenvalue weighted by molar-refractivity contribution is 7.95. The summed E-state index contributed by atoms with van der Waals surface area (Å²) in [5.74, 6) is 0.280. The second kappa shape index (κ2) is 27.3. The number of nitrogens with zero attached hydrogens (tertiary/aromatic N) is 2. The Kier molecular flexibility index (Phi) is 20.5. The van der Waals surface area contributed by atoms with E-state index in [1.165, 1.54) is 73.3 Å². The summed E-state index contributed by atoms with van der Waals surface area (Å²) in [5.41, 5.74) is 1.53. The van der Waals surface area contributed by atoms with Gasteiger partial charge in [0.05, 0.1) is 11.2 Å². The molecule has 9 nitrogen and oxygen atoms in total. The van der Waals surface area contributed by atoms with Crippen LogP contribution in [-0.2, 0) is 14.4 Å². The molecule has 1 aliphatic heterocycles. The number of hydrogen-bond donors (Lipinski definition) is 1. The van der Waals surface area contributed by atoms with Gasteiger partial charge in [-0.1, -0.05) is 143 Å². The first-order valence-corrected chi connectivity index (χ1v) is 28.9. The van der Waals surface area contributed by atoms with Gasteiger partial charge in [0.25, 0.3) is 5.91 Å². The lowest BCUT2D eigenvalue weighted by molar-refractivity contribution is -0.147. The van der Waals surface area contributed by atoms with Crippen molar-refractivity contribution in [3.63, 3.8) is 0 Å². The van der Waals surface area contributed by atoms with Crippen LogP contribution in [-0.4, -0.2) is 65.5 Å². The fourth-order valence-corrected chi connectivity index (χ4v) is 15.0. The number of halogens is 1. The van der Waals surface area contributed by atoms with Gasteiger partial charge in [0.2, 0.25) is 11.8 Å². The van der Waals surface area contributed by atoms with Gasteiger partial charge in [-0.05, 0) is 100 Å². The fourth-order valence-electron chi connectivity index (χ4n) is 10.3. The molecule has 3 amide bonds. The number of carbonyl (C=O) groups excluding carboxylic acids is 3. The summed E-state index contributed by atoms with van der Waals surface area (Å²) in [5, 5.41) is 8.12. The summed E-state index contributed by atoms with van der Waals surface area (Å²) in [7, 11) is -1.91. The largest absolute Gasteiger partial charge is 0.481 e. The monoisotopic (exact) mass is 1010 g/mol. The van der Waals surface area contributed by atoms with E-state index < -0.39 is 19.0 Å². The van der Waals surface area contributed by atoms with Crippen molar-refractivity contribution in [3.8, 4) is 16.9 Å². The SMILES string of the molecule is CCCCCCCCCCCCCC(=O)Nc1ccc(-c2cc(=O)oc3cc(O[C@H](C)C(=O)N4CCN(C(=O)CCCCC[P+](c5ccccc5)(c5ccccc5)c5ccccc5)C[C@H]4C)ccc23)c(Cl)c1. The summed E-state index contributed by atoms with van der Waals surface area (Å²) in [6.07, 6.45) is 17.4. The molecule has 2 atom stereocenters. The van der Waals surface area contributed by atoms with E-state index >= 15 is 0 Å². The quantitative estimate of drug-likeness (QED) is 0.0329. The third kappa shape index (κ3) is 14.5. The van der Waals surface area contributed by atoms with Crippen LogP contribution >= 0.6 is 18.9 Å². The van der Waals surface area contributed by atoms with Gasteiger partial charge in [0.1, 0.15) is 34.5 Å². The molecule has 11 heteroatoms. The third-order valence-electron chi connectivity index (χ3n) is 14.2. The number of fused-ring (bicyclic) bond motifs is 1. The van der Waals surface area contributed by atoms with E-state index in [2.05, 4.69) is 103 Å². The number of rotatable bonds is 26. The second-order valence-corrected chi connectivity index (χ2v) is 23.5. The molecule has 1 saturated heterocycles. The highest BCUT2D eigenvalue weighted by Crippen LogP contribution is 2.56. The number of ether oxygens (including phenoxy) is 1. The van der Waals surface area contributed by atoms with Crippen molar-refractivity contribution in [1.29, 1.82) is 0 Å². The third-order valence-corrected chi connectivity index (χ3v) is 19.0. The van der Waals surface area contributed by atoms with Crippen LogP contribution < -0.4 is 31.6 Å². The van der Waals surface area contributed by atoms with E-state index in [1.807, 2.05) is 11.8 Å². The number of carbonyl (C=O) groups is 3. The molecule has 7 rings (SSSR count). The number of anilines is 1. The molecule has 6 aromatic rings. The Morgan fingerprint density at radius 2 is 1.25 bits per heavy atom. The maximum Gasteiger partial charge on any atom is 0.336 e. The fraction of sp³-hybridized carbons (Fsp3) is 0.410. The summed E-state index contributed by atoms with van der Waals surface area (Å²) < 4.78 is 11.8. The van der Waals surface area contributed by atoms with Crippen molar-refractivity contribution in [2.75, 3.05) is 31.1 Å². The zero-order valence-corrected chi connectivity index (χ0v) is 44.3. The van der Waals surface area contributed by atoms with Gasteiger partial charge in [0.15, 0.2) is 6.10 Å². The van der Waals surface area contributed by atoms with E-state index in [0.29, 0.717) is 71.0 Å². The first kappa shape index (κ1) is 54.0. The van der Waals surface area contributed by atoms with Crippen LogP contribution in [0.1, 0.15) is 124 Å². The topological polar surface area (TPSA) is 109 Å². The van der Waals surface area contributed by atoms with Crippen molar-refractivity contribution in [2.24, 2.45) is 0 Å². The predicted octanol–water partition coefficient (Wildman–Crippen LogP) is 13.1. The maximum absolute atomic E-state index is 13.8. The molecule has 1 aliphatic rings. The van der Waals surface area contributed by atoms with Gasteiger partial charge in [-0.3, -0.25) is 14.4 Å². The summed E-state index contributed by atoms with van der Waals surface area (Å²) >= 11 is 6.80. The minimum atomic E-state index is -1.91. The van der Waals surface area contributed by atoms with E-state index in [1.54, 1.807) is 48.2 Å². The number of benzene rings is 5. The average molecular weight is 1010 g/mol. The van der Waals surface area contributed by atoms with Crippen molar-refractivity contribution >= 4 is 69.2 Å². The van der Waals surface area contributed by atoms with Crippen LogP contribution in [0.4, 0.5) is 5.69 Å². The molecule has 0 spiro atoms. The van der Waals surface area contributed by atoms with Gasteiger partial charge in [0, 0.05) is 72.9 Å². The smallest absolute Gasteiger partial charge is 0.336 e. The first-order valence-electron chi connectivity index (χ1n) is 26.5. The van der Waals surface area contributed by atoms with Gasteiger partial charge < -0.3 is 24.3 Å². The normalized spacial score (nSPS) is 14.3. The number of hydrogen-bond acceptors (Lipinski definition) is 6. The lowest BCUT2D eigenvalue weighted by atomic mass is 10.0. The van der Waals surface area contributed by atoms with Crippen LogP contribution in [0.25, 0.3) is 22.1 Å². The minimum absolute atomic E-state index is 0.0455. The Balaban J connectivity index is 0.872. The molecule has 0 bridgehead atoms. The van der Waals surface area contributed by atoms with Crippen LogP contribution in [0.15, 0.2) is 143 Å².